The second-order valence-corrected chi connectivity index (χ2v) is 6.92. The molecule has 0 spiro atoms. The number of carbonyl (C=O) groups excluding carboxylic acids is 2. The largest absolute Gasteiger partial charge is 0.348 e. The number of urea groups is 1. The summed E-state index contributed by atoms with van der Waals surface area (Å²) in [5, 5.41) is 5.47. The van der Waals surface area contributed by atoms with Crippen LogP contribution in [0.4, 0.5) is 25.0 Å². The molecule has 1 heterocycles. The first-order valence-corrected chi connectivity index (χ1v) is 9.50. The Bertz CT molecular complexity index is 1100. The van der Waals surface area contributed by atoms with Gasteiger partial charge >= 0.3 is 6.03 Å². The van der Waals surface area contributed by atoms with Crippen molar-refractivity contribution in [2.45, 2.75) is 13.0 Å². The van der Waals surface area contributed by atoms with Crippen LogP contribution in [0.25, 0.3) is 0 Å². The van der Waals surface area contributed by atoms with E-state index in [-0.39, 0.29) is 18.1 Å². The summed E-state index contributed by atoms with van der Waals surface area (Å²) in [6.07, 6.45) is 0.523. The molecule has 0 fully saturated rings. The van der Waals surface area contributed by atoms with Gasteiger partial charge < -0.3 is 10.6 Å². The Balaban J connectivity index is 1.49. The number of nitrogens with one attached hydrogen (secondary N) is 2. The number of rotatable bonds is 4. The van der Waals surface area contributed by atoms with Gasteiger partial charge in [-0.3, -0.25) is 9.69 Å². The van der Waals surface area contributed by atoms with Crippen molar-refractivity contribution in [3.05, 3.63) is 95.1 Å². The third-order valence-electron chi connectivity index (χ3n) is 4.99. The average Bonchev–Trinajstić information content (AvgIpc) is 3.19. The van der Waals surface area contributed by atoms with Gasteiger partial charge in [-0.1, -0.05) is 24.3 Å². The maximum absolute atomic E-state index is 13.8. The van der Waals surface area contributed by atoms with Gasteiger partial charge in [0.2, 0.25) is 0 Å². The summed E-state index contributed by atoms with van der Waals surface area (Å²) in [7, 11) is 0. The standard InChI is InChI=1S/C23H19F2N3O2/c24-16-9-10-20(25)15(13-16)14-26-22(29)19-7-4-8-21-18(19)11-12-28(21)23(30)27-17-5-2-1-3-6-17/h1-10,13H,11-12,14H2,(H,26,29)(H,27,30). The molecule has 0 unspecified atom stereocenters. The lowest BCUT2D eigenvalue weighted by molar-refractivity contribution is 0.0949. The molecular formula is C23H19F2N3O2. The van der Waals surface area contributed by atoms with Gasteiger partial charge in [0, 0.05) is 35.6 Å². The number of carbonyl (C=O) groups is 2. The third-order valence-corrected chi connectivity index (χ3v) is 4.99. The van der Waals surface area contributed by atoms with Crippen LogP contribution in [0.2, 0.25) is 0 Å². The molecular weight excluding hydrogens is 388 g/mol. The lowest BCUT2D eigenvalue weighted by atomic mass is 10.0. The zero-order chi connectivity index (χ0) is 21.1. The van der Waals surface area contributed by atoms with Crippen molar-refractivity contribution in [1.82, 2.24) is 5.32 Å². The fourth-order valence-electron chi connectivity index (χ4n) is 3.52. The van der Waals surface area contributed by atoms with Crippen molar-refractivity contribution in [2.24, 2.45) is 0 Å². The third kappa shape index (κ3) is 4.00. The minimum absolute atomic E-state index is 0.0693. The van der Waals surface area contributed by atoms with Crippen molar-refractivity contribution >= 4 is 23.3 Å². The molecule has 152 valence electrons. The van der Waals surface area contributed by atoms with Gasteiger partial charge in [0.05, 0.1) is 0 Å². The quantitative estimate of drug-likeness (QED) is 0.670. The van der Waals surface area contributed by atoms with Crippen LogP contribution in [0, 0.1) is 11.6 Å². The van der Waals surface area contributed by atoms with E-state index in [2.05, 4.69) is 10.6 Å². The SMILES string of the molecule is O=C(NCc1cc(F)ccc1F)c1cccc2c1CCN2C(=O)Nc1ccccc1. The fraction of sp³-hybridized carbons (Fsp3) is 0.130. The van der Waals surface area contributed by atoms with Gasteiger partial charge in [0.25, 0.3) is 5.91 Å². The van der Waals surface area contributed by atoms with Crippen LogP contribution >= 0.6 is 0 Å². The second-order valence-electron chi connectivity index (χ2n) is 6.92. The van der Waals surface area contributed by atoms with Crippen LogP contribution in [-0.2, 0) is 13.0 Å². The Labute approximate surface area is 172 Å². The normalized spacial score (nSPS) is 12.4. The fourth-order valence-corrected chi connectivity index (χ4v) is 3.52. The Kier molecular flexibility index (Phi) is 5.43. The lowest BCUT2D eigenvalue weighted by Gasteiger charge is -2.18. The molecule has 1 aliphatic rings. The number of benzene rings is 3. The van der Waals surface area contributed by atoms with Crippen LogP contribution < -0.4 is 15.5 Å². The molecule has 1 aliphatic heterocycles. The van der Waals surface area contributed by atoms with Crippen LogP contribution in [0.1, 0.15) is 21.5 Å². The number of anilines is 2. The van der Waals surface area contributed by atoms with Gasteiger partial charge in [-0.2, -0.15) is 0 Å². The molecule has 5 nitrogen and oxygen atoms in total. The zero-order valence-corrected chi connectivity index (χ0v) is 16.0. The first-order valence-electron chi connectivity index (χ1n) is 9.50. The molecule has 0 atom stereocenters. The maximum Gasteiger partial charge on any atom is 0.326 e. The number of fused-ring (bicyclic) bond motifs is 1. The number of hydrogen-bond acceptors (Lipinski definition) is 2. The summed E-state index contributed by atoms with van der Waals surface area (Å²) in [5.41, 5.74) is 2.58. The molecule has 0 aromatic heterocycles. The highest BCUT2D eigenvalue weighted by molar-refractivity contribution is 6.05. The topological polar surface area (TPSA) is 61.4 Å². The van der Waals surface area contributed by atoms with E-state index in [0.717, 1.165) is 23.8 Å². The number of para-hydroxylation sites is 1. The van der Waals surface area contributed by atoms with Gasteiger partial charge in [-0.15, -0.1) is 0 Å². The Morgan fingerprint density at radius 3 is 2.57 bits per heavy atom. The molecule has 0 saturated heterocycles. The summed E-state index contributed by atoms with van der Waals surface area (Å²) in [6.45, 7) is 0.307. The van der Waals surface area contributed by atoms with Crippen molar-refractivity contribution in [3.63, 3.8) is 0 Å². The van der Waals surface area contributed by atoms with Gasteiger partial charge in [0.15, 0.2) is 0 Å². The van der Waals surface area contributed by atoms with Crippen molar-refractivity contribution in [3.8, 4) is 0 Å². The summed E-state index contributed by atoms with van der Waals surface area (Å²) in [5.74, 6) is -1.55. The molecule has 0 bridgehead atoms. The Morgan fingerprint density at radius 2 is 1.77 bits per heavy atom. The van der Waals surface area contributed by atoms with Crippen LogP contribution in [0.15, 0.2) is 66.7 Å². The first kappa shape index (κ1) is 19.6. The van der Waals surface area contributed by atoms with E-state index in [1.165, 1.54) is 0 Å². The molecule has 0 saturated carbocycles. The number of amides is 3. The molecule has 0 radical (unpaired) electrons. The lowest BCUT2D eigenvalue weighted by Crippen LogP contribution is -2.33. The molecule has 2 N–H and O–H groups in total. The summed E-state index contributed by atoms with van der Waals surface area (Å²) >= 11 is 0. The van der Waals surface area contributed by atoms with E-state index in [0.29, 0.717) is 29.9 Å². The van der Waals surface area contributed by atoms with Crippen LogP contribution in [-0.4, -0.2) is 18.5 Å². The van der Waals surface area contributed by atoms with E-state index in [1.54, 1.807) is 35.2 Å². The van der Waals surface area contributed by atoms with Gasteiger partial charge in [-0.25, -0.2) is 13.6 Å². The predicted molar refractivity (Wildman–Crippen MR) is 110 cm³/mol. The predicted octanol–water partition coefficient (Wildman–Crippen LogP) is 4.49. The van der Waals surface area contributed by atoms with Gasteiger partial charge in [-0.05, 0) is 54.4 Å². The van der Waals surface area contributed by atoms with E-state index in [9.17, 15) is 18.4 Å². The maximum atomic E-state index is 13.8. The minimum atomic E-state index is -0.584. The van der Waals surface area contributed by atoms with E-state index >= 15 is 0 Å². The Hall–Kier alpha value is -3.74. The number of halogens is 2. The molecule has 4 rings (SSSR count). The highest BCUT2D eigenvalue weighted by Crippen LogP contribution is 2.31. The molecule has 3 aromatic rings. The van der Waals surface area contributed by atoms with Crippen LogP contribution in [0.5, 0.6) is 0 Å². The monoisotopic (exact) mass is 407 g/mol. The van der Waals surface area contributed by atoms with E-state index in [4.69, 9.17) is 0 Å². The van der Waals surface area contributed by atoms with E-state index in [1.807, 2.05) is 18.2 Å². The molecule has 3 aromatic carbocycles. The average molecular weight is 407 g/mol. The second kappa shape index (κ2) is 8.32. The molecule has 3 amide bonds. The van der Waals surface area contributed by atoms with Crippen molar-refractivity contribution in [2.75, 3.05) is 16.8 Å². The summed E-state index contributed by atoms with van der Waals surface area (Å²) in [4.78, 5) is 27.0. The first-order chi connectivity index (χ1) is 14.5. The smallest absolute Gasteiger partial charge is 0.326 e. The summed E-state index contributed by atoms with van der Waals surface area (Å²) in [6, 6.07) is 17.1. The highest BCUT2D eigenvalue weighted by atomic mass is 19.1. The summed E-state index contributed by atoms with van der Waals surface area (Å²) < 4.78 is 27.1. The number of nitrogens with zero attached hydrogens (tertiary/aromatic N) is 1. The van der Waals surface area contributed by atoms with Crippen molar-refractivity contribution in [1.29, 1.82) is 0 Å². The van der Waals surface area contributed by atoms with Crippen LogP contribution in [0.3, 0.4) is 0 Å². The number of hydrogen-bond donors (Lipinski definition) is 2. The molecule has 7 heteroatoms. The van der Waals surface area contributed by atoms with Crippen molar-refractivity contribution < 1.29 is 18.4 Å². The molecule has 30 heavy (non-hydrogen) atoms. The minimum Gasteiger partial charge on any atom is -0.348 e. The van der Waals surface area contributed by atoms with E-state index < -0.39 is 17.5 Å². The Morgan fingerprint density at radius 1 is 0.967 bits per heavy atom. The van der Waals surface area contributed by atoms with Gasteiger partial charge in [0.1, 0.15) is 11.6 Å². The highest BCUT2D eigenvalue weighted by Gasteiger charge is 2.28. The zero-order valence-electron chi connectivity index (χ0n) is 16.0. The molecule has 0 aliphatic carbocycles.